The predicted octanol–water partition coefficient (Wildman–Crippen LogP) is 2.98. The van der Waals surface area contributed by atoms with Crippen molar-refractivity contribution >= 4 is 17.3 Å². The number of carbonyl (C=O) groups is 1. The summed E-state index contributed by atoms with van der Waals surface area (Å²) in [4.78, 5) is 12.1. The summed E-state index contributed by atoms with van der Waals surface area (Å²) in [6, 6.07) is 9.69. The molecule has 4 N–H and O–H groups in total. The van der Waals surface area contributed by atoms with Gasteiger partial charge in [0.25, 0.3) is 5.91 Å². The summed E-state index contributed by atoms with van der Waals surface area (Å²) >= 11 is 0. The van der Waals surface area contributed by atoms with Gasteiger partial charge in [-0.3, -0.25) is 10.6 Å². The molecule has 0 aliphatic rings. The molecule has 0 radical (unpaired) electrons. The minimum Gasteiger partial charge on any atom is -0.324 e. The molecule has 0 bridgehead atoms. The first-order chi connectivity index (χ1) is 9.52. The largest absolute Gasteiger partial charge is 0.324 e. The van der Waals surface area contributed by atoms with Crippen LogP contribution in [0.5, 0.6) is 0 Å². The Labute approximate surface area is 116 Å². The highest BCUT2D eigenvalue weighted by Crippen LogP contribution is 2.20. The van der Waals surface area contributed by atoms with Gasteiger partial charge < -0.3 is 10.7 Å². The third-order valence-electron chi connectivity index (χ3n) is 3.16. The molecule has 0 aliphatic heterocycles. The summed E-state index contributed by atoms with van der Waals surface area (Å²) in [6.45, 7) is 3.47. The van der Waals surface area contributed by atoms with Crippen LogP contribution in [0, 0.1) is 19.7 Å². The van der Waals surface area contributed by atoms with Crippen molar-refractivity contribution in [3.63, 3.8) is 0 Å². The fourth-order valence-corrected chi connectivity index (χ4v) is 1.90. The van der Waals surface area contributed by atoms with Crippen molar-refractivity contribution in [2.75, 3.05) is 10.7 Å². The fourth-order valence-electron chi connectivity index (χ4n) is 1.90. The molecule has 0 unspecified atom stereocenters. The topological polar surface area (TPSA) is 67.2 Å². The maximum atomic E-state index is 13.4. The number of benzene rings is 2. The molecular weight excluding hydrogens is 257 g/mol. The third kappa shape index (κ3) is 2.78. The van der Waals surface area contributed by atoms with Gasteiger partial charge in [-0.15, -0.1) is 0 Å². The number of hydrazine groups is 1. The standard InChI is InChI=1S/C15H16FN3O/c1-9-8-11(6-7-13(9)19-17)15(20)18-14-5-3-4-12(16)10(14)2/h3-8,19H,17H2,1-2H3,(H,18,20). The number of carbonyl (C=O) groups excluding carboxylic acids is 1. The van der Waals surface area contributed by atoms with Gasteiger partial charge in [-0.2, -0.15) is 0 Å². The molecule has 4 nitrogen and oxygen atoms in total. The van der Waals surface area contributed by atoms with Gasteiger partial charge >= 0.3 is 0 Å². The smallest absolute Gasteiger partial charge is 0.255 e. The van der Waals surface area contributed by atoms with Crippen LogP contribution in [0.2, 0.25) is 0 Å². The predicted molar refractivity (Wildman–Crippen MR) is 78.1 cm³/mol. The summed E-state index contributed by atoms with van der Waals surface area (Å²) < 4.78 is 13.4. The Bertz CT molecular complexity index is 656. The SMILES string of the molecule is Cc1cc(C(=O)Nc2cccc(F)c2C)ccc1NN. The molecule has 0 heterocycles. The number of nitrogens with one attached hydrogen (secondary N) is 2. The van der Waals surface area contributed by atoms with Crippen molar-refractivity contribution in [3.05, 3.63) is 58.9 Å². The van der Waals surface area contributed by atoms with Crippen LogP contribution < -0.4 is 16.6 Å². The quantitative estimate of drug-likeness (QED) is 0.595. The van der Waals surface area contributed by atoms with E-state index in [0.717, 1.165) is 11.3 Å². The number of rotatable bonds is 3. The highest BCUT2D eigenvalue weighted by molar-refractivity contribution is 6.05. The molecule has 0 aromatic heterocycles. The summed E-state index contributed by atoms with van der Waals surface area (Å²) in [6.07, 6.45) is 0. The van der Waals surface area contributed by atoms with Gasteiger partial charge in [0, 0.05) is 16.8 Å². The van der Waals surface area contributed by atoms with Crippen LogP contribution in [0.15, 0.2) is 36.4 Å². The van der Waals surface area contributed by atoms with Gasteiger partial charge in [-0.25, -0.2) is 4.39 Å². The number of amides is 1. The zero-order valence-electron chi connectivity index (χ0n) is 11.3. The van der Waals surface area contributed by atoms with Gasteiger partial charge in [0.1, 0.15) is 5.82 Å². The van der Waals surface area contributed by atoms with E-state index in [2.05, 4.69) is 10.7 Å². The number of hydrogen-bond acceptors (Lipinski definition) is 3. The van der Waals surface area contributed by atoms with E-state index >= 15 is 0 Å². The van der Waals surface area contributed by atoms with Gasteiger partial charge in [-0.05, 0) is 49.7 Å². The van der Waals surface area contributed by atoms with Gasteiger partial charge in [0.15, 0.2) is 0 Å². The van der Waals surface area contributed by atoms with E-state index in [4.69, 9.17) is 5.84 Å². The van der Waals surface area contributed by atoms with E-state index in [9.17, 15) is 9.18 Å². The number of nitrogens with two attached hydrogens (primary N) is 1. The Hall–Kier alpha value is -2.40. The van der Waals surface area contributed by atoms with Crippen LogP contribution >= 0.6 is 0 Å². The minimum atomic E-state index is -0.346. The second-order valence-electron chi connectivity index (χ2n) is 4.54. The Morgan fingerprint density at radius 2 is 1.90 bits per heavy atom. The Balaban J connectivity index is 2.24. The number of nitrogen functional groups attached to an aromatic ring is 1. The fraction of sp³-hybridized carbons (Fsp3) is 0.133. The highest BCUT2D eigenvalue weighted by atomic mass is 19.1. The lowest BCUT2D eigenvalue weighted by atomic mass is 10.1. The third-order valence-corrected chi connectivity index (χ3v) is 3.16. The maximum absolute atomic E-state index is 13.4. The maximum Gasteiger partial charge on any atom is 0.255 e. The lowest BCUT2D eigenvalue weighted by Crippen LogP contribution is -2.14. The zero-order valence-corrected chi connectivity index (χ0v) is 11.3. The number of hydrogen-bond donors (Lipinski definition) is 3. The molecule has 0 spiro atoms. The normalized spacial score (nSPS) is 10.2. The lowest BCUT2D eigenvalue weighted by Gasteiger charge is -2.10. The monoisotopic (exact) mass is 273 g/mol. The zero-order chi connectivity index (χ0) is 14.7. The van der Waals surface area contributed by atoms with E-state index in [1.165, 1.54) is 6.07 Å². The molecular formula is C15H16FN3O. The van der Waals surface area contributed by atoms with Crippen molar-refractivity contribution in [1.82, 2.24) is 0 Å². The molecule has 2 aromatic carbocycles. The molecule has 0 fully saturated rings. The van der Waals surface area contributed by atoms with Crippen LogP contribution in [0.3, 0.4) is 0 Å². The van der Waals surface area contributed by atoms with Gasteiger partial charge in [0.05, 0.1) is 5.69 Å². The molecule has 0 saturated carbocycles. The van der Waals surface area contributed by atoms with Crippen molar-refractivity contribution in [3.8, 4) is 0 Å². The Kier molecular flexibility index (Phi) is 4.00. The number of halogens is 1. The summed E-state index contributed by atoms with van der Waals surface area (Å²) in [5.41, 5.74) is 5.53. The summed E-state index contributed by atoms with van der Waals surface area (Å²) in [5.74, 6) is 4.71. The second-order valence-corrected chi connectivity index (χ2v) is 4.54. The van der Waals surface area contributed by atoms with E-state index in [-0.39, 0.29) is 11.7 Å². The molecule has 2 rings (SSSR count). The number of anilines is 2. The van der Waals surface area contributed by atoms with Crippen LogP contribution in [0.4, 0.5) is 15.8 Å². The second kappa shape index (κ2) is 5.71. The van der Waals surface area contributed by atoms with Gasteiger partial charge in [-0.1, -0.05) is 6.07 Å². The van der Waals surface area contributed by atoms with Crippen LogP contribution in [-0.2, 0) is 0 Å². The first-order valence-corrected chi connectivity index (χ1v) is 6.16. The van der Waals surface area contributed by atoms with Crippen LogP contribution in [-0.4, -0.2) is 5.91 Å². The van der Waals surface area contributed by atoms with E-state index in [1.54, 1.807) is 37.3 Å². The average Bonchev–Trinajstić information content (AvgIpc) is 2.43. The van der Waals surface area contributed by atoms with Crippen molar-refractivity contribution in [2.24, 2.45) is 5.84 Å². The molecule has 2 aromatic rings. The Morgan fingerprint density at radius 3 is 2.55 bits per heavy atom. The van der Waals surface area contributed by atoms with E-state index in [0.29, 0.717) is 16.8 Å². The molecule has 1 amide bonds. The first-order valence-electron chi connectivity index (χ1n) is 6.16. The minimum absolute atomic E-state index is 0.287. The average molecular weight is 273 g/mol. The Morgan fingerprint density at radius 1 is 1.15 bits per heavy atom. The van der Waals surface area contributed by atoms with Crippen LogP contribution in [0.25, 0.3) is 0 Å². The molecule has 0 aliphatic carbocycles. The highest BCUT2D eigenvalue weighted by Gasteiger charge is 2.10. The molecule has 5 heteroatoms. The van der Waals surface area contributed by atoms with Crippen LogP contribution in [0.1, 0.15) is 21.5 Å². The molecule has 0 saturated heterocycles. The van der Waals surface area contributed by atoms with E-state index < -0.39 is 0 Å². The van der Waals surface area contributed by atoms with Gasteiger partial charge in [0.2, 0.25) is 0 Å². The van der Waals surface area contributed by atoms with E-state index in [1.807, 2.05) is 6.92 Å². The molecule has 104 valence electrons. The molecule has 20 heavy (non-hydrogen) atoms. The molecule has 0 atom stereocenters. The number of aryl methyl sites for hydroxylation is 1. The summed E-state index contributed by atoms with van der Waals surface area (Å²) in [7, 11) is 0. The van der Waals surface area contributed by atoms with Crippen molar-refractivity contribution in [2.45, 2.75) is 13.8 Å². The van der Waals surface area contributed by atoms with Crippen molar-refractivity contribution in [1.29, 1.82) is 0 Å². The summed E-state index contributed by atoms with van der Waals surface area (Å²) in [5, 5.41) is 2.70. The lowest BCUT2D eigenvalue weighted by molar-refractivity contribution is 0.102. The van der Waals surface area contributed by atoms with Crippen molar-refractivity contribution < 1.29 is 9.18 Å². The first kappa shape index (κ1) is 14.0.